The summed E-state index contributed by atoms with van der Waals surface area (Å²) in [5.74, 6) is 2.00. The van der Waals surface area contributed by atoms with Crippen LogP contribution < -0.4 is 15.4 Å². The summed E-state index contributed by atoms with van der Waals surface area (Å²) in [7, 11) is -1.96. The normalized spacial score (nSPS) is 16.8. The number of anilines is 2. The van der Waals surface area contributed by atoms with Crippen molar-refractivity contribution in [1.29, 1.82) is 0 Å². The number of hydrogen-bond donors (Lipinski definition) is 2. The van der Waals surface area contributed by atoms with E-state index in [9.17, 15) is 8.42 Å². The smallest absolute Gasteiger partial charge is 0.243 e. The van der Waals surface area contributed by atoms with Gasteiger partial charge in [0.1, 0.15) is 11.6 Å². The first-order valence-electron chi connectivity index (χ1n) is 14.7. The lowest BCUT2D eigenvalue weighted by Gasteiger charge is -2.34. The van der Waals surface area contributed by atoms with Crippen LogP contribution in [0.3, 0.4) is 0 Å². The van der Waals surface area contributed by atoms with Crippen LogP contribution in [0.15, 0.2) is 65.8 Å². The molecular weight excluding hydrogens is 550 g/mol. The Morgan fingerprint density at radius 2 is 1.81 bits per heavy atom. The van der Waals surface area contributed by atoms with Gasteiger partial charge in [-0.15, -0.1) is 0 Å². The lowest BCUT2D eigenvalue weighted by Crippen LogP contribution is -2.48. The molecule has 2 aliphatic heterocycles. The second-order valence-electron chi connectivity index (χ2n) is 11.0. The third kappa shape index (κ3) is 5.87. The van der Waals surface area contributed by atoms with E-state index in [-0.39, 0.29) is 6.04 Å². The standard InChI is InChI=1S/C31H39N7O3S/c1-23-27-14-20-37(28(27)9-10-29(23)41-2)30-13-17-33-31(35-30)34-24-5-7-26(8-6-24)42(39,40)38(25-11-15-32-16-12-25)22-21-36-18-3-4-19-36/h5-10,13-14,17,20,25,32H,3-4,11-12,15-16,18-19,21-22H2,1-2H3,(H,33,34,35). The summed E-state index contributed by atoms with van der Waals surface area (Å²) >= 11 is 0. The second kappa shape index (κ2) is 12.4. The topological polar surface area (TPSA) is 105 Å². The highest BCUT2D eigenvalue weighted by atomic mass is 32.2. The number of benzene rings is 2. The number of aromatic nitrogens is 3. The van der Waals surface area contributed by atoms with Crippen molar-refractivity contribution in [2.75, 3.05) is 51.7 Å². The van der Waals surface area contributed by atoms with E-state index < -0.39 is 10.0 Å². The molecule has 4 aromatic rings. The van der Waals surface area contributed by atoms with Gasteiger partial charge in [-0.25, -0.2) is 13.4 Å². The molecule has 0 amide bonds. The minimum absolute atomic E-state index is 0.0161. The molecule has 10 nitrogen and oxygen atoms in total. The maximum absolute atomic E-state index is 13.9. The summed E-state index contributed by atoms with van der Waals surface area (Å²) in [5, 5.41) is 7.69. The minimum atomic E-state index is -3.64. The first-order valence-corrected chi connectivity index (χ1v) is 16.2. The number of hydrogen-bond acceptors (Lipinski definition) is 8. The molecule has 0 saturated carbocycles. The van der Waals surface area contributed by atoms with Gasteiger partial charge in [-0.3, -0.25) is 0 Å². The molecular formula is C31H39N7O3S. The van der Waals surface area contributed by atoms with Gasteiger partial charge < -0.3 is 24.8 Å². The summed E-state index contributed by atoms with van der Waals surface area (Å²) < 4.78 is 37.0. The number of likely N-dealkylation sites (tertiary alicyclic amines) is 1. The molecule has 42 heavy (non-hydrogen) atoms. The van der Waals surface area contributed by atoms with Crippen LogP contribution in [0.25, 0.3) is 16.7 Å². The zero-order valence-electron chi connectivity index (χ0n) is 24.3. The van der Waals surface area contributed by atoms with E-state index in [1.807, 2.05) is 35.9 Å². The molecule has 2 fully saturated rings. The first kappa shape index (κ1) is 28.6. The van der Waals surface area contributed by atoms with E-state index in [4.69, 9.17) is 9.72 Å². The van der Waals surface area contributed by atoms with Gasteiger partial charge in [-0.05, 0) is 107 Å². The largest absolute Gasteiger partial charge is 0.496 e. The van der Waals surface area contributed by atoms with Crippen LogP contribution in [-0.4, -0.2) is 84.6 Å². The van der Waals surface area contributed by atoms with Gasteiger partial charge in [-0.1, -0.05) is 0 Å². The predicted octanol–water partition coefficient (Wildman–Crippen LogP) is 4.32. The van der Waals surface area contributed by atoms with Crippen molar-refractivity contribution >= 4 is 32.6 Å². The molecule has 4 heterocycles. The average Bonchev–Trinajstić information content (AvgIpc) is 3.69. The fourth-order valence-corrected chi connectivity index (χ4v) is 7.80. The van der Waals surface area contributed by atoms with Crippen LogP contribution in [0.2, 0.25) is 0 Å². The number of fused-ring (bicyclic) bond motifs is 1. The number of nitrogens with one attached hydrogen (secondary N) is 2. The summed E-state index contributed by atoms with van der Waals surface area (Å²) in [5.41, 5.74) is 2.82. The third-order valence-corrected chi connectivity index (χ3v) is 10.4. The molecule has 2 N–H and O–H groups in total. The van der Waals surface area contributed by atoms with E-state index >= 15 is 0 Å². The Bertz CT molecular complexity index is 1630. The number of nitrogens with zero attached hydrogens (tertiary/aromatic N) is 5. The van der Waals surface area contributed by atoms with Gasteiger partial charge in [0.05, 0.1) is 17.5 Å². The zero-order chi connectivity index (χ0) is 29.1. The molecule has 0 atom stereocenters. The molecule has 0 aliphatic carbocycles. The SMILES string of the molecule is COc1ccc2c(ccn2-c2ccnc(Nc3ccc(S(=O)(=O)N(CCN4CCCC4)C4CCNCC4)cc3)n2)c1C. The number of ether oxygens (including phenoxy) is 1. The van der Waals surface area contributed by atoms with Crippen LogP contribution in [-0.2, 0) is 10.0 Å². The number of aryl methyl sites for hydroxylation is 1. The highest BCUT2D eigenvalue weighted by Gasteiger charge is 2.32. The van der Waals surface area contributed by atoms with E-state index in [2.05, 4.69) is 26.6 Å². The van der Waals surface area contributed by atoms with E-state index in [0.717, 1.165) is 79.3 Å². The quantitative estimate of drug-likeness (QED) is 0.282. The highest BCUT2D eigenvalue weighted by molar-refractivity contribution is 7.89. The van der Waals surface area contributed by atoms with Gasteiger partial charge in [0.25, 0.3) is 0 Å². The fourth-order valence-electron chi connectivity index (χ4n) is 6.12. The van der Waals surface area contributed by atoms with Crippen molar-refractivity contribution in [2.24, 2.45) is 0 Å². The number of piperidine rings is 1. The van der Waals surface area contributed by atoms with Gasteiger partial charge in [-0.2, -0.15) is 9.29 Å². The highest BCUT2D eigenvalue weighted by Crippen LogP contribution is 2.30. The molecule has 2 saturated heterocycles. The van der Waals surface area contributed by atoms with Crippen LogP contribution in [0.1, 0.15) is 31.2 Å². The van der Waals surface area contributed by atoms with Gasteiger partial charge >= 0.3 is 0 Å². The Labute approximate surface area is 247 Å². The van der Waals surface area contributed by atoms with Crippen LogP contribution >= 0.6 is 0 Å². The molecule has 6 rings (SSSR count). The minimum Gasteiger partial charge on any atom is -0.496 e. The third-order valence-electron chi connectivity index (χ3n) is 8.47. The summed E-state index contributed by atoms with van der Waals surface area (Å²) in [6.45, 7) is 7.14. The Morgan fingerprint density at radius 3 is 2.55 bits per heavy atom. The van der Waals surface area contributed by atoms with Gasteiger partial charge in [0.2, 0.25) is 16.0 Å². The van der Waals surface area contributed by atoms with E-state index in [0.29, 0.717) is 17.4 Å². The molecule has 0 bridgehead atoms. The second-order valence-corrected chi connectivity index (χ2v) is 12.9. The predicted molar refractivity (Wildman–Crippen MR) is 165 cm³/mol. The molecule has 0 unspecified atom stereocenters. The van der Waals surface area contributed by atoms with E-state index in [1.165, 1.54) is 12.8 Å². The Hall–Kier alpha value is -3.51. The molecule has 2 aromatic carbocycles. The summed E-state index contributed by atoms with van der Waals surface area (Å²) in [6.07, 6.45) is 7.74. The van der Waals surface area contributed by atoms with E-state index in [1.54, 1.807) is 41.9 Å². The average molecular weight is 590 g/mol. The Kier molecular flexibility index (Phi) is 8.43. The van der Waals surface area contributed by atoms with Crippen molar-refractivity contribution in [3.8, 4) is 11.6 Å². The summed E-state index contributed by atoms with van der Waals surface area (Å²) in [4.78, 5) is 11.8. The van der Waals surface area contributed by atoms with Gasteiger partial charge in [0.15, 0.2) is 0 Å². The molecule has 0 spiro atoms. The fraction of sp³-hybridized carbons (Fsp3) is 0.419. The Balaban J connectivity index is 1.20. The van der Waals surface area contributed by atoms with Crippen molar-refractivity contribution < 1.29 is 13.2 Å². The summed E-state index contributed by atoms with van der Waals surface area (Å²) in [6, 6.07) is 14.8. The maximum Gasteiger partial charge on any atom is 0.243 e. The number of rotatable bonds is 10. The van der Waals surface area contributed by atoms with Crippen LogP contribution in [0.5, 0.6) is 5.75 Å². The van der Waals surface area contributed by atoms with Gasteiger partial charge in [0, 0.05) is 48.2 Å². The zero-order valence-corrected chi connectivity index (χ0v) is 25.1. The number of methoxy groups -OCH3 is 1. The van der Waals surface area contributed by atoms with Crippen LogP contribution in [0, 0.1) is 6.92 Å². The molecule has 2 aromatic heterocycles. The lowest BCUT2D eigenvalue weighted by molar-refractivity contribution is 0.228. The Morgan fingerprint density at radius 1 is 1.05 bits per heavy atom. The van der Waals surface area contributed by atoms with Crippen molar-refractivity contribution in [3.05, 3.63) is 66.5 Å². The monoisotopic (exact) mass is 589 g/mol. The van der Waals surface area contributed by atoms with Crippen molar-refractivity contribution in [2.45, 2.75) is 43.5 Å². The maximum atomic E-state index is 13.9. The molecule has 222 valence electrons. The van der Waals surface area contributed by atoms with Crippen molar-refractivity contribution in [1.82, 2.24) is 29.1 Å². The molecule has 0 radical (unpaired) electrons. The van der Waals surface area contributed by atoms with Crippen LogP contribution in [0.4, 0.5) is 11.6 Å². The first-order chi connectivity index (χ1) is 20.4. The lowest BCUT2D eigenvalue weighted by atomic mass is 10.1. The number of sulfonamides is 1. The molecule has 11 heteroatoms. The van der Waals surface area contributed by atoms with Crippen molar-refractivity contribution in [3.63, 3.8) is 0 Å². The molecule has 2 aliphatic rings.